The summed E-state index contributed by atoms with van der Waals surface area (Å²) < 4.78 is 2.35. The van der Waals surface area contributed by atoms with Gasteiger partial charge in [-0.3, -0.25) is 0 Å². The summed E-state index contributed by atoms with van der Waals surface area (Å²) in [5.41, 5.74) is 5.48. The van der Waals surface area contributed by atoms with Gasteiger partial charge in [-0.1, -0.05) is 25.3 Å². The molecule has 2 heteroatoms. The first-order valence-corrected chi connectivity index (χ1v) is 9.12. The molecular weight excluding hydrogens is 270 g/mol. The zero-order chi connectivity index (χ0) is 15.1. The summed E-state index contributed by atoms with van der Waals surface area (Å²) in [6.07, 6.45) is 9.77. The molecule has 1 aromatic carbocycles. The van der Waals surface area contributed by atoms with E-state index in [-0.39, 0.29) is 6.10 Å². The van der Waals surface area contributed by atoms with Crippen LogP contribution < -0.4 is 0 Å². The lowest BCUT2D eigenvalue weighted by Crippen LogP contribution is -2.13. The van der Waals surface area contributed by atoms with Gasteiger partial charge in [0.05, 0.1) is 11.8 Å². The van der Waals surface area contributed by atoms with E-state index in [9.17, 15) is 5.11 Å². The number of nitrogens with zero attached hydrogens (tertiary/aromatic N) is 1. The smallest absolute Gasteiger partial charge is 0.0943 e. The molecule has 1 N–H and O–H groups in total. The van der Waals surface area contributed by atoms with Gasteiger partial charge in [-0.25, -0.2) is 0 Å². The highest BCUT2D eigenvalue weighted by Crippen LogP contribution is 2.40. The van der Waals surface area contributed by atoms with Crippen LogP contribution >= 0.6 is 0 Å². The summed E-state index contributed by atoms with van der Waals surface area (Å²) in [6, 6.07) is 7.12. The SMILES string of the molecule is CCn1c2c(c3cc(C4CCCCC4)ccc31)CCC[C@@H]2O. The van der Waals surface area contributed by atoms with E-state index in [1.54, 1.807) is 0 Å². The van der Waals surface area contributed by atoms with Crippen molar-refractivity contribution in [1.29, 1.82) is 0 Å². The highest BCUT2D eigenvalue weighted by molar-refractivity contribution is 5.87. The largest absolute Gasteiger partial charge is 0.387 e. The van der Waals surface area contributed by atoms with Gasteiger partial charge in [0, 0.05) is 17.4 Å². The van der Waals surface area contributed by atoms with Crippen molar-refractivity contribution in [2.24, 2.45) is 0 Å². The van der Waals surface area contributed by atoms with E-state index in [0.717, 1.165) is 31.7 Å². The Labute approximate surface area is 133 Å². The van der Waals surface area contributed by atoms with Gasteiger partial charge < -0.3 is 9.67 Å². The molecule has 4 rings (SSSR count). The van der Waals surface area contributed by atoms with Gasteiger partial charge in [0.1, 0.15) is 0 Å². The third kappa shape index (κ3) is 2.20. The molecule has 2 aromatic rings. The van der Waals surface area contributed by atoms with Gasteiger partial charge in [-0.2, -0.15) is 0 Å². The second kappa shape index (κ2) is 5.73. The van der Waals surface area contributed by atoms with Crippen LogP contribution in [0.5, 0.6) is 0 Å². The van der Waals surface area contributed by atoms with Crippen molar-refractivity contribution in [1.82, 2.24) is 4.57 Å². The quantitative estimate of drug-likeness (QED) is 0.821. The van der Waals surface area contributed by atoms with Crippen LogP contribution in [-0.4, -0.2) is 9.67 Å². The Bertz CT molecular complexity index is 679. The number of hydrogen-bond acceptors (Lipinski definition) is 1. The highest BCUT2D eigenvalue weighted by Gasteiger charge is 2.26. The summed E-state index contributed by atoms with van der Waals surface area (Å²) in [5.74, 6) is 0.757. The first-order chi connectivity index (χ1) is 10.8. The second-order valence-electron chi connectivity index (χ2n) is 7.13. The van der Waals surface area contributed by atoms with Gasteiger partial charge >= 0.3 is 0 Å². The van der Waals surface area contributed by atoms with E-state index in [2.05, 4.69) is 29.7 Å². The van der Waals surface area contributed by atoms with E-state index < -0.39 is 0 Å². The lowest BCUT2D eigenvalue weighted by atomic mass is 9.83. The zero-order valence-corrected chi connectivity index (χ0v) is 13.6. The fraction of sp³-hybridized carbons (Fsp3) is 0.600. The van der Waals surface area contributed by atoms with Crippen molar-refractivity contribution >= 4 is 10.9 Å². The average Bonchev–Trinajstić information content (AvgIpc) is 2.90. The molecule has 1 atom stereocenters. The Balaban J connectivity index is 1.85. The topological polar surface area (TPSA) is 25.2 Å². The molecule has 0 aliphatic heterocycles. The van der Waals surface area contributed by atoms with Crippen LogP contribution in [0, 0.1) is 0 Å². The van der Waals surface area contributed by atoms with E-state index >= 15 is 0 Å². The summed E-state index contributed by atoms with van der Waals surface area (Å²) >= 11 is 0. The third-order valence-corrected chi connectivity index (χ3v) is 5.85. The van der Waals surface area contributed by atoms with Crippen molar-refractivity contribution in [3.8, 4) is 0 Å². The van der Waals surface area contributed by atoms with Crippen molar-refractivity contribution in [2.75, 3.05) is 0 Å². The number of fused-ring (bicyclic) bond motifs is 3. The number of hydrogen-bond donors (Lipinski definition) is 1. The Morgan fingerprint density at radius 2 is 1.91 bits per heavy atom. The molecule has 118 valence electrons. The number of aryl methyl sites for hydroxylation is 2. The van der Waals surface area contributed by atoms with Crippen molar-refractivity contribution < 1.29 is 5.11 Å². The number of aromatic nitrogens is 1. The first kappa shape index (κ1) is 14.3. The maximum atomic E-state index is 10.5. The molecule has 0 saturated heterocycles. The normalized spacial score (nSPS) is 22.9. The van der Waals surface area contributed by atoms with Gasteiger partial charge in [-0.15, -0.1) is 0 Å². The fourth-order valence-electron chi connectivity index (χ4n) is 4.74. The standard InChI is InChI=1S/C20H27NO/c1-2-21-18-12-11-15(14-7-4-3-5-8-14)13-17(18)16-9-6-10-19(22)20(16)21/h11-14,19,22H,2-10H2,1H3/t19-/m0/s1. The summed E-state index contributed by atoms with van der Waals surface area (Å²) in [7, 11) is 0. The lowest BCUT2D eigenvalue weighted by molar-refractivity contribution is 0.148. The van der Waals surface area contributed by atoms with Gasteiger partial charge in [0.25, 0.3) is 0 Å². The maximum absolute atomic E-state index is 10.5. The van der Waals surface area contributed by atoms with Crippen molar-refractivity contribution in [3.05, 3.63) is 35.0 Å². The molecule has 0 amide bonds. The molecule has 0 unspecified atom stereocenters. The fourth-order valence-corrected chi connectivity index (χ4v) is 4.74. The zero-order valence-electron chi connectivity index (χ0n) is 13.6. The minimum atomic E-state index is -0.269. The molecule has 1 heterocycles. The molecular formula is C20H27NO. The van der Waals surface area contributed by atoms with Crippen LogP contribution in [0.15, 0.2) is 18.2 Å². The van der Waals surface area contributed by atoms with Crippen LogP contribution in [0.4, 0.5) is 0 Å². The highest BCUT2D eigenvalue weighted by atomic mass is 16.3. The molecule has 2 aliphatic carbocycles. The first-order valence-electron chi connectivity index (χ1n) is 9.12. The summed E-state index contributed by atoms with van der Waals surface area (Å²) in [5, 5.41) is 11.9. The molecule has 2 nitrogen and oxygen atoms in total. The van der Waals surface area contributed by atoms with Crippen LogP contribution in [0.2, 0.25) is 0 Å². The number of rotatable bonds is 2. The maximum Gasteiger partial charge on any atom is 0.0943 e. The van der Waals surface area contributed by atoms with E-state index in [4.69, 9.17) is 0 Å². The van der Waals surface area contributed by atoms with E-state index in [0.29, 0.717) is 0 Å². The van der Waals surface area contributed by atoms with Crippen molar-refractivity contribution in [3.63, 3.8) is 0 Å². The molecule has 2 aliphatic rings. The van der Waals surface area contributed by atoms with Gasteiger partial charge in [0.2, 0.25) is 0 Å². The molecule has 1 saturated carbocycles. The predicted molar refractivity (Wildman–Crippen MR) is 91.3 cm³/mol. The molecule has 22 heavy (non-hydrogen) atoms. The Kier molecular flexibility index (Phi) is 3.73. The number of aliphatic hydroxyl groups is 1. The van der Waals surface area contributed by atoms with Crippen LogP contribution in [0.3, 0.4) is 0 Å². The molecule has 1 fully saturated rings. The number of aliphatic hydroxyl groups excluding tert-OH is 1. The Morgan fingerprint density at radius 1 is 1.09 bits per heavy atom. The van der Waals surface area contributed by atoms with E-state index in [1.807, 2.05) is 0 Å². The minimum absolute atomic E-state index is 0.269. The monoisotopic (exact) mass is 297 g/mol. The minimum Gasteiger partial charge on any atom is -0.387 e. The predicted octanol–water partition coefficient (Wildman–Crippen LogP) is 5.08. The van der Waals surface area contributed by atoms with Crippen LogP contribution in [0.25, 0.3) is 10.9 Å². The summed E-state index contributed by atoms with van der Waals surface area (Å²) in [6.45, 7) is 3.14. The Morgan fingerprint density at radius 3 is 2.68 bits per heavy atom. The van der Waals surface area contributed by atoms with Crippen molar-refractivity contribution in [2.45, 2.75) is 76.9 Å². The average molecular weight is 297 g/mol. The summed E-state index contributed by atoms with van der Waals surface area (Å²) in [4.78, 5) is 0. The lowest BCUT2D eigenvalue weighted by Gasteiger charge is -2.22. The van der Waals surface area contributed by atoms with E-state index in [1.165, 1.54) is 59.8 Å². The van der Waals surface area contributed by atoms with Crippen LogP contribution in [-0.2, 0) is 13.0 Å². The van der Waals surface area contributed by atoms with Gasteiger partial charge in [0.15, 0.2) is 0 Å². The van der Waals surface area contributed by atoms with Crippen LogP contribution in [0.1, 0.15) is 80.7 Å². The molecule has 1 aromatic heterocycles. The number of benzene rings is 1. The van der Waals surface area contributed by atoms with Gasteiger partial charge in [-0.05, 0) is 68.2 Å². The molecule has 0 radical (unpaired) electrons. The molecule has 0 bridgehead atoms. The second-order valence-corrected chi connectivity index (χ2v) is 7.13. The Hall–Kier alpha value is -1.28. The molecule has 0 spiro atoms. The third-order valence-electron chi connectivity index (χ3n) is 5.85.